The van der Waals surface area contributed by atoms with Gasteiger partial charge in [-0.3, -0.25) is 0 Å². The Morgan fingerprint density at radius 1 is 1.25 bits per heavy atom. The normalized spacial score (nSPS) is 9.58. The van der Waals surface area contributed by atoms with Crippen LogP contribution in [0.3, 0.4) is 0 Å². The standard InChI is InChI=1S/C8H12NP.C2H6/c1-10-6-7-4-2-3-5-8(7)9;1-2/h2-5,10H,6,9H2,1H3;1-2H3. The second kappa shape index (κ2) is 7.12. The lowest BCUT2D eigenvalue weighted by Gasteiger charge is -2.01. The molecule has 0 aliphatic rings. The summed E-state index contributed by atoms with van der Waals surface area (Å²) in [5.74, 6) is 0. The molecule has 1 atom stereocenters. The molecule has 0 fully saturated rings. The molecule has 1 unspecified atom stereocenters. The summed E-state index contributed by atoms with van der Waals surface area (Å²) in [5, 5.41) is 0. The van der Waals surface area contributed by atoms with E-state index in [-0.39, 0.29) is 0 Å². The molecule has 0 bridgehead atoms. The second-order valence-electron chi connectivity index (χ2n) is 2.23. The summed E-state index contributed by atoms with van der Waals surface area (Å²) in [6.07, 6.45) is 1.12. The minimum atomic E-state index is 0.928. The lowest BCUT2D eigenvalue weighted by Crippen LogP contribution is -1.89. The topological polar surface area (TPSA) is 26.0 Å². The molecule has 2 heteroatoms. The Hall–Kier alpha value is -0.550. The SMILES string of the molecule is CC.CPCc1ccccc1N. The third kappa shape index (κ3) is 3.73. The molecule has 1 aromatic rings. The van der Waals surface area contributed by atoms with Crippen LogP contribution >= 0.6 is 8.58 Å². The Labute approximate surface area is 77.2 Å². The van der Waals surface area contributed by atoms with Crippen molar-refractivity contribution in [1.29, 1.82) is 0 Å². The molecule has 1 nitrogen and oxygen atoms in total. The van der Waals surface area contributed by atoms with Crippen LogP contribution in [0.1, 0.15) is 19.4 Å². The monoisotopic (exact) mass is 183 g/mol. The van der Waals surface area contributed by atoms with Crippen LogP contribution in [0.5, 0.6) is 0 Å². The quantitative estimate of drug-likeness (QED) is 0.553. The number of hydrogen-bond donors (Lipinski definition) is 1. The molecule has 0 radical (unpaired) electrons. The molecule has 0 aliphatic carbocycles. The minimum absolute atomic E-state index is 0.928. The molecular weight excluding hydrogens is 165 g/mol. The third-order valence-corrected chi connectivity index (χ3v) is 2.16. The summed E-state index contributed by atoms with van der Waals surface area (Å²) in [6.45, 7) is 6.19. The van der Waals surface area contributed by atoms with Gasteiger partial charge in [0.25, 0.3) is 0 Å². The van der Waals surface area contributed by atoms with E-state index in [0.717, 1.165) is 20.4 Å². The zero-order valence-corrected chi connectivity index (χ0v) is 9.09. The lowest BCUT2D eigenvalue weighted by molar-refractivity contribution is 1.41. The largest absolute Gasteiger partial charge is 0.398 e. The van der Waals surface area contributed by atoms with E-state index in [1.165, 1.54) is 5.56 Å². The van der Waals surface area contributed by atoms with Gasteiger partial charge in [0.15, 0.2) is 0 Å². The second-order valence-corrected chi connectivity index (χ2v) is 3.29. The Bertz CT molecular complexity index is 211. The van der Waals surface area contributed by atoms with E-state index in [2.05, 4.69) is 12.7 Å². The number of anilines is 1. The van der Waals surface area contributed by atoms with Crippen LogP contribution in [-0.4, -0.2) is 6.66 Å². The summed E-state index contributed by atoms with van der Waals surface area (Å²) >= 11 is 0. The Kier molecular flexibility index (Phi) is 6.79. The van der Waals surface area contributed by atoms with Crippen LogP contribution in [0.15, 0.2) is 24.3 Å². The fourth-order valence-electron chi connectivity index (χ4n) is 0.886. The number of nitrogens with two attached hydrogens (primary N) is 1. The van der Waals surface area contributed by atoms with Gasteiger partial charge >= 0.3 is 0 Å². The van der Waals surface area contributed by atoms with E-state index in [9.17, 15) is 0 Å². The molecule has 0 amide bonds. The summed E-state index contributed by atoms with van der Waals surface area (Å²) in [7, 11) is 0.952. The zero-order chi connectivity index (χ0) is 9.40. The fourth-order valence-corrected chi connectivity index (χ4v) is 1.59. The summed E-state index contributed by atoms with van der Waals surface area (Å²) in [4.78, 5) is 0. The Balaban J connectivity index is 0.000000561. The van der Waals surface area contributed by atoms with Gasteiger partial charge in [-0.05, 0) is 24.5 Å². The maximum atomic E-state index is 5.71. The van der Waals surface area contributed by atoms with E-state index in [1.807, 2.05) is 32.0 Å². The van der Waals surface area contributed by atoms with Gasteiger partial charge in [-0.25, -0.2) is 0 Å². The number of para-hydroxylation sites is 1. The third-order valence-electron chi connectivity index (χ3n) is 1.42. The van der Waals surface area contributed by atoms with Crippen LogP contribution in [0.4, 0.5) is 5.69 Å². The lowest BCUT2D eigenvalue weighted by atomic mass is 10.2. The molecule has 0 aliphatic heterocycles. The van der Waals surface area contributed by atoms with Crippen molar-refractivity contribution in [2.24, 2.45) is 0 Å². The first-order valence-corrected chi connectivity index (χ1v) is 6.03. The van der Waals surface area contributed by atoms with E-state index in [1.54, 1.807) is 0 Å². The van der Waals surface area contributed by atoms with Gasteiger partial charge in [-0.1, -0.05) is 32.0 Å². The average Bonchev–Trinajstić information content (AvgIpc) is 2.13. The first kappa shape index (κ1) is 11.4. The first-order chi connectivity index (χ1) is 5.84. The number of nitrogen functional groups attached to an aromatic ring is 1. The van der Waals surface area contributed by atoms with Crippen LogP contribution < -0.4 is 5.73 Å². The van der Waals surface area contributed by atoms with Crippen molar-refractivity contribution in [2.75, 3.05) is 12.4 Å². The molecular formula is C10H18NP. The van der Waals surface area contributed by atoms with Crippen molar-refractivity contribution in [2.45, 2.75) is 20.0 Å². The minimum Gasteiger partial charge on any atom is -0.398 e. The van der Waals surface area contributed by atoms with Gasteiger partial charge < -0.3 is 5.73 Å². The van der Waals surface area contributed by atoms with E-state index in [4.69, 9.17) is 5.73 Å². The van der Waals surface area contributed by atoms with Gasteiger partial charge in [-0.15, -0.1) is 8.58 Å². The molecule has 0 saturated heterocycles. The van der Waals surface area contributed by atoms with E-state index >= 15 is 0 Å². The van der Waals surface area contributed by atoms with E-state index in [0.29, 0.717) is 0 Å². The van der Waals surface area contributed by atoms with Crippen LogP contribution in [0.2, 0.25) is 0 Å². The molecule has 2 N–H and O–H groups in total. The van der Waals surface area contributed by atoms with Crippen molar-refractivity contribution < 1.29 is 0 Å². The highest BCUT2D eigenvalue weighted by atomic mass is 31.1. The summed E-state index contributed by atoms with van der Waals surface area (Å²) in [6, 6.07) is 8.05. The molecule has 68 valence electrons. The average molecular weight is 183 g/mol. The molecule has 0 heterocycles. The van der Waals surface area contributed by atoms with Gasteiger partial charge in [0.1, 0.15) is 0 Å². The number of benzene rings is 1. The van der Waals surface area contributed by atoms with Crippen molar-refractivity contribution in [3.05, 3.63) is 29.8 Å². The predicted molar refractivity (Wildman–Crippen MR) is 60.1 cm³/mol. The fraction of sp³-hybridized carbons (Fsp3) is 0.400. The number of hydrogen-bond acceptors (Lipinski definition) is 1. The van der Waals surface area contributed by atoms with Crippen molar-refractivity contribution in [3.63, 3.8) is 0 Å². The zero-order valence-electron chi connectivity index (χ0n) is 8.09. The van der Waals surface area contributed by atoms with Crippen LogP contribution in [-0.2, 0) is 6.16 Å². The van der Waals surface area contributed by atoms with Gasteiger partial charge in [0, 0.05) is 5.69 Å². The number of rotatable bonds is 2. The smallest absolute Gasteiger partial charge is 0.0350 e. The highest BCUT2D eigenvalue weighted by molar-refractivity contribution is 7.36. The van der Waals surface area contributed by atoms with Crippen molar-refractivity contribution in [3.8, 4) is 0 Å². The molecule has 1 aromatic carbocycles. The van der Waals surface area contributed by atoms with Crippen LogP contribution in [0, 0.1) is 0 Å². The van der Waals surface area contributed by atoms with Gasteiger partial charge in [0.05, 0.1) is 0 Å². The van der Waals surface area contributed by atoms with E-state index < -0.39 is 0 Å². The van der Waals surface area contributed by atoms with Crippen molar-refractivity contribution in [1.82, 2.24) is 0 Å². The van der Waals surface area contributed by atoms with Gasteiger partial charge in [0.2, 0.25) is 0 Å². The first-order valence-electron chi connectivity index (χ1n) is 4.32. The maximum absolute atomic E-state index is 5.71. The molecule has 0 saturated carbocycles. The predicted octanol–water partition coefficient (Wildman–Crippen LogP) is 3.10. The highest BCUT2D eigenvalue weighted by Crippen LogP contribution is 2.19. The molecule has 12 heavy (non-hydrogen) atoms. The highest BCUT2D eigenvalue weighted by Gasteiger charge is 1.93. The Morgan fingerprint density at radius 2 is 1.83 bits per heavy atom. The molecule has 0 aromatic heterocycles. The van der Waals surface area contributed by atoms with Crippen molar-refractivity contribution >= 4 is 14.3 Å². The summed E-state index contributed by atoms with van der Waals surface area (Å²) in [5.41, 5.74) is 7.92. The maximum Gasteiger partial charge on any atom is 0.0350 e. The molecule has 1 rings (SSSR count). The summed E-state index contributed by atoms with van der Waals surface area (Å²) < 4.78 is 0. The van der Waals surface area contributed by atoms with Crippen LogP contribution in [0.25, 0.3) is 0 Å². The Morgan fingerprint density at radius 3 is 2.33 bits per heavy atom. The molecule has 0 spiro atoms. The van der Waals surface area contributed by atoms with Gasteiger partial charge in [-0.2, -0.15) is 0 Å².